The van der Waals surface area contributed by atoms with Gasteiger partial charge in [-0.1, -0.05) is 0 Å². The monoisotopic (exact) mass is 257 g/mol. The third-order valence-corrected chi connectivity index (χ3v) is 3.09. The number of rotatable bonds is 5. The van der Waals surface area contributed by atoms with E-state index in [0.29, 0.717) is 6.42 Å². The van der Waals surface area contributed by atoms with Crippen LogP contribution in [0.25, 0.3) is 0 Å². The lowest BCUT2D eigenvalue weighted by Crippen LogP contribution is -2.47. The van der Waals surface area contributed by atoms with Crippen molar-refractivity contribution in [3.63, 3.8) is 0 Å². The molecule has 104 valence electrons. The van der Waals surface area contributed by atoms with Gasteiger partial charge in [-0.05, 0) is 33.6 Å². The number of carboxylic acid groups (broad SMARTS) is 1. The molecule has 0 bridgehead atoms. The highest BCUT2D eigenvalue weighted by molar-refractivity contribution is 5.78. The molecule has 1 unspecified atom stereocenters. The fourth-order valence-electron chi connectivity index (χ4n) is 2.15. The van der Waals surface area contributed by atoms with E-state index in [4.69, 9.17) is 9.84 Å². The Kier molecular flexibility index (Phi) is 5.14. The summed E-state index contributed by atoms with van der Waals surface area (Å²) in [6, 6.07) is 0. The van der Waals surface area contributed by atoms with E-state index in [1.807, 2.05) is 20.8 Å². The Morgan fingerprint density at radius 3 is 2.50 bits per heavy atom. The maximum Gasteiger partial charge on any atom is 0.305 e. The summed E-state index contributed by atoms with van der Waals surface area (Å²) in [7, 11) is 0. The summed E-state index contributed by atoms with van der Waals surface area (Å²) in [6.45, 7) is 6.74. The first-order valence-electron chi connectivity index (χ1n) is 6.44. The third kappa shape index (κ3) is 4.64. The lowest BCUT2D eigenvalue weighted by Gasteiger charge is -2.36. The summed E-state index contributed by atoms with van der Waals surface area (Å²) < 4.78 is 5.45. The first kappa shape index (κ1) is 15.0. The molecule has 0 aromatic rings. The Morgan fingerprint density at radius 2 is 2.06 bits per heavy atom. The van der Waals surface area contributed by atoms with E-state index in [-0.39, 0.29) is 30.5 Å². The van der Waals surface area contributed by atoms with Gasteiger partial charge in [-0.2, -0.15) is 0 Å². The molecule has 1 fully saturated rings. The van der Waals surface area contributed by atoms with Crippen molar-refractivity contribution in [1.29, 1.82) is 0 Å². The van der Waals surface area contributed by atoms with Crippen molar-refractivity contribution in [2.24, 2.45) is 0 Å². The maximum absolute atomic E-state index is 12.2. The van der Waals surface area contributed by atoms with E-state index in [1.54, 1.807) is 4.90 Å². The van der Waals surface area contributed by atoms with Crippen molar-refractivity contribution in [3.8, 4) is 0 Å². The van der Waals surface area contributed by atoms with Crippen LogP contribution in [0.15, 0.2) is 0 Å². The van der Waals surface area contributed by atoms with E-state index >= 15 is 0 Å². The molecule has 1 saturated heterocycles. The quantitative estimate of drug-likeness (QED) is 0.813. The highest BCUT2D eigenvalue weighted by Crippen LogP contribution is 2.20. The molecule has 0 aromatic heterocycles. The summed E-state index contributed by atoms with van der Waals surface area (Å²) >= 11 is 0. The number of hydrogen-bond donors (Lipinski definition) is 1. The van der Waals surface area contributed by atoms with Crippen LogP contribution in [0.2, 0.25) is 0 Å². The van der Waals surface area contributed by atoms with Crippen LogP contribution in [0.4, 0.5) is 0 Å². The van der Waals surface area contributed by atoms with E-state index in [9.17, 15) is 9.59 Å². The first-order chi connectivity index (χ1) is 8.30. The fourth-order valence-corrected chi connectivity index (χ4v) is 2.15. The number of carboxylic acids is 1. The summed E-state index contributed by atoms with van der Waals surface area (Å²) in [5.41, 5.74) is -0.356. The largest absolute Gasteiger partial charge is 0.481 e. The van der Waals surface area contributed by atoms with Crippen molar-refractivity contribution in [3.05, 3.63) is 0 Å². The molecule has 1 aliphatic rings. The van der Waals surface area contributed by atoms with Gasteiger partial charge < -0.3 is 14.7 Å². The maximum atomic E-state index is 12.2. The zero-order valence-electron chi connectivity index (χ0n) is 11.4. The Labute approximate surface area is 108 Å². The second-order valence-electron chi connectivity index (χ2n) is 5.70. The van der Waals surface area contributed by atoms with Crippen molar-refractivity contribution in [1.82, 2.24) is 4.90 Å². The molecule has 0 aromatic carbocycles. The number of nitrogens with zero attached hydrogens (tertiary/aromatic N) is 1. The van der Waals surface area contributed by atoms with Gasteiger partial charge in [0.25, 0.3) is 0 Å². The molecule has 1 amide bonds. The van der Waals surface area contributed by atoms with Crippen LogP contribution in [0.1, 0.15) is 46.5 Å². The van der Waals surface area contributed by atoms with Crippen LogP contribution >= 0.6 is 0 Å². The van der Waals surface area contributed by atoms with Gasteiger partial charge in [-0.3, -0.25) is 9.59 Å². The van der Waals surface area contributed by atoms with Gasteiger partial charge in [0.15, 0.2) is 0 Å². The molecule has 1 heterocycles. The molecule has 1 atom stereocenters. The van der Waals surface area contributed by atoms with Gasteiger partial charge in [0.05, 0.1) is 18.9 Å². The van der Waals surface area contributed by atoms with Gasteiger partial charge in [0.1, 0.15) is 0 Å². The topological polar surface area (TPSA) is 66.8 Å². The molecule has 18 heavy (non-hydrogen) atoms. The number of aliphatic carboxylic acids is 1. The molecule has 5 nitrogen and oxygen atoms in total. The van der Waals surface area contributed by atoms with Crippen molar-refractivity contribution < 1.29 is 19.4 Å². The van der Waals surface area contributed by atoms with Gasteiger partial charge in [-0.15, -0.1) is 0 Å². The van der Waals surface area contributed by atoms with E-state index < -0.39 is 5.97 Å². The van der Waals surface area contributed by atoms with Crippen LogP contribution < -0.4 is 0 Å². The average Bonchev–Trinajstić information content (AvgIpc) is 2.67. The minimum atomic E-state index is -0.880. The SMILES string of the molecule is CC(C)(C)N(CCC(=O)O)C(=O)CC1CCCO1. The Morgan fingerprint density at radius 1 is 1.39 bits per heavy atom. The average molecular weight is 257 g/mol. The standard InChI is InChI=1S/C13H23NO4/c1-13(2,3)14(7-6-12(16)17)11(15)9-10-5-4-8-18-10/h10H,4-9H2,1-3H3,(H,16,17). The van der Waals surface area contributed by atoms with Crippen LogP contribution in [-0.2, 0) is 14.3 Å². The number of carbonyl (C=O) groups is 2. The summed E-state index contributed by atoms with van der Waals surface area (Å²) in [5.74, 6) is -0.898. The van der Waals surface area contributed by atoms with Crippen LogP contribution in [-0.4, -0.2) is 46.7 Å². The number of amides is 1. The summed E-state index contributed by atoms with van der Waals surface area (Å²) in [6.07, 6.45) is 2.27. The van der Waals surface area contributed by atoms with Crippen molar-refractivity contribution >= 4 is 11.9 Å². The van der Waals surface area contributed by atoms with Crippen molar-refractivity contribution in [2.45, 2.75) is 58.1 Å². The lowest BCUT2D eigenvalue weighted by atomic mass is 10.0. The highest BCUT2D eigenvalue weighted by atomic mass is 16.5. The van der Waals surface area contributed by atoms with E-state index in [1.165, 1.54) is 0 Å². The Balaban J connectivity index is 2.57. The second kappa shape index (κ2) is 6.18. The molecule has 1 aliphatic heterocycles. The molecular formula is C13H23NO4. The molecular weight excluding hydrogens is 234 g/mol. The number of ether oxygens (including phenoxy) is 1. The van der Waals surface area contributed by atoms with Gasteiger partial charge in [0, 0.05) is 18.7 Å². The third-order valence-electron chi connectivity index (χ3n) is 3.09. The fraction of sp³-hybridized carbons (Fsp3) is 0.846. The van der Waals surface area contributed by atoms with Gasteiger partial charge in [0.2, 0.25) is 5.91 Å². The van der Waals surface area contributed by atoms with Gasteiger partial charge in [-0.25, -0.2) is 0 Å². The first-order valence-corrected chi connectivity index (χ1v) is 6.44. The smallest absolute Gasteiger partial charge is 0.305 e. The zero-order valence-corrected chi connectivity index (χ0v) is 11.4. The molecule has 0 spiro atoms. The molecule has 5 heteroatoms. The number of carbonyl (C=O) groups excluding carboxylic acids is 1. The summed E-state index contributed by atoms with van der Waals surface area (Å²) in [5, 5.41) is 8.73. The molecule has 0 radical (unpaired) electrons. The second-order valence-corrected chi connectivity index (χ2v) is 5.70. The van der Waals surface area contributed by atoms with Crippen molar-refractivity contribution in [2.75, 3.05) is 13.2 Å². The molecule has 0 saturated carbocycles. The zero-order chi connectivity index (χ0) is 13.8. The van der Waals surface area contributed by atoms with Gasteiger partial charge >= 0.3 is 5.97 Å². The molecule has 1 rings (SSSR count). The van der Waals surface area contributed by atoms with E-state index in [0.717, 1.165) is 19.4 Å². The summed E-state index contributed by atoms with van der Waals surface area (Å²) in [4.78, 5) is 24.5. The Bertz CT molecular complexity index is 303. The van der Waals surface area contributed by atoms with Crippen LogP contribution in [0.5, 0.6) is 0 Å². The number of hydrogen-bond acceptors (Lipinski definition) is 3. The minimum Gasteiger partial charge on any atom is -0.481 e. The van der Waals surface area contributed by atoms with E-state index in [2.05, 4.69) is 0 Å². The van der Waals surface area contributed by atoms with Crippen LogP contribution in [0, 0.1) is 0 Å². The lowest BCUT2D eigenvalue weighted by molar-refractivity contribution is -0.141. The molecule has 0 aliphatic carbocycles. The normalized spacial score (nSPS) is 19.8. The molecule has 1 N–H and O–H groups in total. The minimum absolute atomic E-state index is 0.00665. The Hall–Kier alpha value is -1.10. The van der Waals surface area contributed by atoms with Crippen LogP contribution in [0.3, 0.4) is 0 Å². The predicted molar refractivity (Wildman–Crippen MR) is 67.3 cm³/mol. The predicted octanol–water partition coefficient (Wildman–Crippen LogP) is 1.66. The highest BCUT2D eigenvalue weighted by Gasteiger charge is 2.29.